The van der Waals surface area contributed by atoms with Crippen LogP contribution in [0.5, 0.6) is 0 Å². The molecule has 0 unspecified atom stereocenters. The van der Waals surface area contributed by atoms with Crippen LogP contribution in [0.25, 0.3) is 11.0 Å². The number of nitrogens with zero attached hydrogens (tertiary/aromatic N) is 3. The number of benzene rings is 1. The van der Waals surface area contributed by atoms with Crippen LogP contribution in [0.15, 0.2) is 45.0 Å². The van der Waals surface area contributed by atoms with Crippen LogP contribution in [0.4, 0.5) is 0 Å². The minimum atomic E-state index is 0.0599. The summed E-state index contributed by atoms with van der Waals surface area (Å²) in [5, 5.41) is 1.47. The quantitative estimate of drug-likeness (QED) is 0.532. The molecule has 0 spiro atoms. The fourth-order valence-corrected chi connectivity index (χ4v) is 3.58. The standard InChI is InChI=1S/C19H19N3O2S/c1-12-3-4-17-15(7-12)18(23)14(11-24-17)10-22-6-5-16-13(9-22)8-20-19(21-16)25-2/h3-4,7-8,11H,5-6,9-10H2,1-2H3. The van der Waals surface area contributed by atoms with Gasteiger partial charge < -0.3 is 4.42 Å². The molecule has 5 nitrogen and oxygen atoms in total. The second-order valence-corrected chi connectivity index (χ2v) is 7.15. The lowest BCUT2D eigenvalue weighted by atomic mass is 10.1. The Morgan fingerprint density at radius 1 is 1.36 bits per heavy atom. The Morgan fingerprint density at radius 3 is 3.08 bits per heavy atom. The van der Waals surface area contributed by atoms with E-state index in [0.29, 0.717) is 23.1 Å². The Hall–Kier alpha value is -2.18. The Bertz CT molecular complexity index is 1000. The largest absolute Gasteiger partial charge is 0.464 e. The predicted molar refractivity (Wildman–Crippen MR) is 98.9 cm³/mol. The molecule has 0 fully saturated rings. The maximum atomic E-state index is 12.8. The van der Waals surface area contributed by atoms with Crippen molar-refractivity contribution in [1.29, 1.82) is 0 Å². The number of thioether (sulfide) groups is 1. The highest BCUT2D eigenvalue weighted by molar-refractivity contribution is 7.98. The first-order valence-corrected chi connectivity index (χ1v) is 9.48. The van der Waals surface area contributed by atoms with Gasteiger partial charge in [-0.15, -0.1) is 0 Å². The highest BCUT2D eigenvalue weighted by Crippen LogP contribution is 2.21. The molecular formula is C19H19N3O2S. The average Bonchev–Trinajstić information content (AvgIpc) is 2.64. The summed E-state index contributed by atoms with van der Waals surface area (Å²) in [6, 6.07) is 5.71. The van der Waals surface area contributed by atoms with Gasteiger partial charge in [0.15, 0.2) is 10.6 Å². The molecule has 3 aromatic rings. The van der Waals surface area contributed by atoms with Crippen LogP contribution in [0, 0.1) is 6.92 Å². The third-order valence-corrected chi connectivity index (χ3v) is 5.13. The lowest BCUT2D eigenvalue weighted by Gasteiger charge is -2.27. The molecule has 128 valence electrons. The molecule has 0 saturated carbocycles. The monoisotopic (exact) mass is 353 g/mol. The minimum absolute atomic E-state index is 0.0599. The first-order valence-electron chi connectivity index (χ1n) is 8.26. The summed E-state index contributed by atoms with van der Waals surface area (Å²) in [6.45, 7) is 4.20. The molecule has 6 heteroatoms. The SMILES string of the molecule is CSc1ncc2c(n1)CCN(Cc1coc3ccc(C)cc3c1=O)C2. The second-order valence-electron chi connectivity index (χ2n) is 6.38. The predicted octanol–water partition coefficient (Wildman–Crippen LogP) is 3.17. The van der Waals surface area contributed by atoms with Crippen LogP contribution in [0.3, 0.4) is 0 Å². The summed E-state index contributed by atoms with van der Waals surface area (Å²) in [6.07, 6.45) is 6.37. The zero-order valence-electron chi connectivity index (χ0n) is 14.3. The zero-order chi connectivity index (χ0) is 17.4. The van der Waals surface area contributed by atoms with Gasteiger partial charge in [-0.3, -0.25) is 9.69 Å². The third kappa shape index (κ3) is 3.19. The molecule has 3 heterocycles. The third-order valence-electron chi connectivity index (χ3n) is 4.57. The van der Waals surface area contributed by atoms with E-state index >= 15 is 0 Å². The van der Waals surface area contributed by atoms with Crippen molar-refractivity contribution in [3.05, 3.63) is 63.3 Å². The van der Waals surface area contributed by atoms with Gasteiger partial charge in [0.1, 0.15) is 5.58 Å². The van der Waals surface area contributed by atoms with E-state index in [1.54, 1.807) is 18.0 Å². The van der Waals surface area contributed by atoms with E-state index in [-0.39, 0.29) is 5.43 Å². The van der Waals surface area contributed by atoms with E-state index in [1.807, 2.05) is 37.6 Å². The summed E-state index contributed by atoms with van der Waals surface area (Å²) >= 11 is 1.56. The topological polar surface area (TPSA) is 59.2 Å². The van der Waals surface area contributed by atoms with Gasteiger partial charge in [-0.2, -0.15) is 0 Å². The molecule has 1 aliphatic rings. The molecule has 0 atom stereocenters. The molecule has 1 aromatic carbocycles. The van der Waals surface area contributed by atoms with Crippen molar-refractivity contribution in [3.8, 4) is 0 Å². The van der Waals surface area contributed by atoms with Gasteiger partial charge in [-0.05, 0) is 25.3 Å². The maximum absolute atomic E-state index is 12.8. The number of fused-ring (bicyclic) bond motifs is 2. The maximum Gasteiger partial charge on any atom is 0.197 e. The second kappa shape index (κ2) is 6.61. The van der Waals surface area contributed by atoms with Crippen LogP contribution >= 0.6 is 11.8 Å². The van der Waals surface area contributed by atoms with Gasteiger partial charge >= 0.3 is 0 Å². The first-order chi connectivity index (χ1) is 12.1. The molecule has 1 aliphatic heterocycles. The van der Waals surface area contributed by atoms with Gasteiger partial charge in [0.2, 0.25) is 0 Å². The average molecular weight is 353 g/mol. The number of aromatic nitrogens is 2. The van der Waals surface area contributed by atoms with Crippen LogP contribution in [-0.4, -0.2) is 27.7 Å². The smallest absolute Gasteiger partial charge is 0.197 e. The summed E-state index contributed by atoms with van der Waals surface area (Å²) in [5.74, 6) is 0. The summed E-state index contributed by atoms with van der Waals surface area (Å²) in [7, 11) is 0. The zero-order valence-corrected chi connectivity index (χ0v) is 15.1. The summed E-state index contributed by atoms with van der Waals surface area (Å²) in [5.41, 5.74) is 4.72. The summed E-state index contributed by atoms with van der Waals surface area (Å²) < 4.78 is 5.67. The van der Waals surface area contributed by atoms with E-state index < -0.39 is 0 Å². The van der Waals surface area contributed by atoms with Crippen molar-refractivity contribution < 1.29 is 4.42 Å². The highest BCUT2D eigenvalue weighted by Gasteiger charge is 2.20. The molecule has 4 rings (SSSR count). The lowest BCUT2D eigenvalue weighted by Crippen LogP contribution is -2.32. The van der Waals surface area contributed by atoms with Crippen LogP contribution < -0.4 is 5.43 Å². The first kappa shape index (κ1) is 16.3. The van der Waals surface area contributed by atoms with Gasteiger partial charge in [0, 0.05) is 43.4 Å². The van der Waals surface area contributed by atoms with Crippen molar-refractivity contribution in [1.82, 2.24) is 14.9 Å². The molecule has 25 heavy (non-hydrogen) atoms. The van der Waals surface area contributed by atoms with E-state index in [4.69, 9.17) is 4.42 Å². The van der Waals surface area contributed by atoms with E-state index in [9.17, 15) is 4.79 Å². The molecule has 0 bridgehead atoms. The van der Waals surface area contributed by atoms with Crippen LogP contribution in [0.2, 0.25) is 0 Å². The molecule has 0 saturated heterocycles. The van der Waals surface area contributed by atoms with E-state index in [1.165, 1.54) is 0 Å². The fourth-order valence-electron chi connectivity index (χ4n) is 3.22. The number of hydrogen-bond donors (Lipinski definition) is 0. The number of rotatable bonds is 3. The summed E-state index contributed by atoms with van der Waals surface area (Å²) in [4.78, 5) is 24.0. The van der Waals surface area contributed by atoms with Crippen molar-refractivity contribution >= 4 is 22.7 Å². The molecule has 0 amide bonds. The van der Waals surface area contributed by atoms with Crippen molar-refractivity contribution in [2.45, 2.75) is 31.6 Å². The molecule has 0 radical (unpaired) electrons. The van der Waals surface area contributed by atoms with E-state index in [0.717, 1.165) is 41.5 Å². The molecule has 0 aliphatic carbocycles. The van der Waals surface area contributed by atoms with Gasteiger partial charge in [0.05, 0.1) is 17.3 Å². The van der Waals surface area contributed by atoms with Gasteiger partial charge in [-0.1, -0.05) is 23.4 Å². The molecule has 2 aromatic heterocycles. The molecule has 0 N–H and O–H groups in total. The van der Waals surface area contributed by atoms with Crippen molar-refractivity contribution in [3.63, 3.8) is 0 Å². The van der Waals surface area contributed by atoms with Crippen LogP contribution in [0.1, 0.15) is 22.4 Å². The number of hydrogen-bond acceptors (Lipinski definition) is 6. The van der Waals surface area contributed by atoms with Crippen molar-refractivity contribution in [2.75, 3.05) is 12.8 Å². The van der Waals surface area contributed by atoms with Crippen LogP contribution in [-0.2, 0) is 19.5 Å². The molecular weight excluding hydrogens is 334 g/mol. The fraction of sp³-hybridized carbons (Fsp3) is 0.316. The van der Waals surface area contributed by atoms with Gasteiger partial charge in [0.25, 0.3) is 0 Å². The van der Waals surface area contributed by atoms with Crippen molar-refractivity contribution in [2.24, 2.45) is 0 Å². The Balaban J connectivity index is 1.59. The Labute approximate surface area is 150 Å². The van der Waals surface area contributed by atoms with Gasteiger partial charge in [-0.25, -0.2) is 9.97 Å². The normalized spacial score (nSPS) is 14.6. The number of aryl methyl sites for hydroxylation is 1. The Kier molecular flexibility index (Phi) is 4.31. The lowest BCUT2D eigenvalue weighted by molar-refractivity contribution is 0.240. The minimum Gasteiger partial charge on any atom is -0.464 e. The van der Waals surface area contributed by atoms with E-state index in [2.05, 4.69) is 14.9 Å². The Morgan fingerprint density at radius 2 is 2.24 bits per heavy atom. The highest BCUT2D eigenvalue weighted by atomic mass is 32.2.